The van der Waals surface area contributed by atoms with Crippen molar-refractivity contribution in [2.45, 2.75) is 33.2 Å². The van der Waals surface area contributed by atoms with Crippen LogP contribution in [0.15, 0.2) is 40.9 Å². The molecule has 1 amide bonds. The molecule has 0 spiro atoms. The number of rotatable bonds is 6. The zero-order chi connectivity index (χ0) is 17.7. The van der Waals surface area contributed by atoms with E-state index in [0.29, 0.717) is 17.3 Å². The van der Waals surface area contributed by atoms with E-state index in [9.17, 15) is 4.79 Å². The number of anilines is 1. The summed E-state index contributed by atoms with van der Waals surface area (Å²) >= 11 is 9.70. The summed E-state index contributed by atoms with van der Waals surface area (Å²) in [7, 11) is 0. The number of nitrogens with two attached hydrogens (primary N) is 1. The molecule has 0 unspecified atom stereocenters. The van der Waals surface area contributed by atoms with Gasteiger partial charge in [0.15, 0.2) is 6.54 Å². The summed E-state index contributed by atoms with van der Waals surface area (Å²) in [6.07, 6.45) is 0.958. The molecule has 0 heterocycles. The molecule has 0 aliphatic heterocycles. The van der Waals surface area contributed by atoms with Gasteiger partial charge in [0.2, 0.25) is 0 Å². The van der Waals surface area contributed by atoms with Gasteiger partial charge in [-0.05, 0) is 43.2 Å². The van der Waals surface area contributed by atoms with Crippen LogP contribution in [0.25, 0.3) is 0 Å². The minimum atomic E-state index is -0.0422. The Morgan fingerprint density at radius 3 is 2.50 bits per heavy atom. The van der Waals surface area contributed by atoms with Gasteiger partial charge in [0, 0.05) is 16.5 Å². The number of amides is 1. The van der Waals surface area contributed by atoms with Gasteiger partial charge in [0.05, 0.1) is 10.7 Å². The molecule has 0 aromatic heterocycles. The molecule has 128 valence electrons. The van der Waals surface area contributed by atoms with E-state index in [0.717, 1.165) is 22.0 Å². The van der Waals surface area contributed by atoms with E-state index < -0.39 is 0 Å². The SMILES string of the molecule is CC[C@@H]([NH2+]CC(=O)Nc1c(C)cc(C)cc1Cl)c1ccc(Br)cc1. The summed E-state index contributed by atoms with van der Waals surface area (Å²) < 4.78 is 1.06. The molecule has 0 saturated heterocycles. The number of nitrogens with one attached hydrogen (secondary N) is 1. The van der Waals surface area contributed by atoms with Gasteiger partial charge in [-0.25, -0.2) is 0 Å². The maximum absolute atomic E-state index is 12.3. The molecule has 0 saturated carbocycles. The van der Waals surface area contributed by atoms with Crippen molar-refractivity contribution < 1.29 is 10.1 Å². The van der Waals surface area contributed by atoms with Crippen molar-refractivity contribution in [1.29, 1.82) is 0 Å². The van der Waals surface area contributed by atoms with Crippen molar-refractivity contribution in [3.63, 3.8) is 0 Å². The van der Waals surface area contributed by atoms with Crippen LogP contribution in [0.3, 0.4) is 0 Å². The molecule has 0 fully saturated rings. The van der Waals surface area contributed by atoms with E-state index in [4.69, 9.17) is 11.6 Å². The number of hydrogen-bond acceptors (Lipinski definition) is 1. The highest BCUT2D eigenvalue weighted by Gasteiger charge is 2.16. The lowest BCUT2D eigenvalue weighted by atomic mass is 10.0. The third-order valence-electron chi connectivity index (χ3n) is 4.02. The molecule has 0 radical (unpaired) electrons. The van der Waals surface area contributed by atoms with Crippen molar-refractivity contribution in [2.24, 2.45) is 0 Å². The quantitative estimate of drug-likeness (QED) is 0.729. The Labute approximate surface area is 156 Å². The molecule has 3 N–H and O–H groups in total. The van der Waals surface area contributed by atoms with Crippen molar-refractivity contribution >= 4 is 39.1 Å². The van der Waals surface area contributed by atoms with Crippen LogP contribution in [0.5, 0.6) is 0 Å². The number of aryl methyl sites for hydroxylation is 2. The Morgan fingerprint density at radius 2 is 1.92 bits per heavy atom. The van der Waals surface area contributed by atoms with Crippen LogP contribution >= 0.6 is 27.5 Å². The summed E-state index contributed by atoms with van der Waals surface area (Å²) in [4.78, 5) is 12.3. The Kier molecular flexibility index (Phi) is 6.84. The van der Waals surface area contributed by atoms with Crippen LogP contribution in [-0.2, 0) is 4.79 Å². The Bertz CT molecular complexity index is 693. The predicted octanol–water partition coefficient (Wildman–Crippen LogP) is 4.37. The van der Waals surface area contributed by atoms with Gasteiger partial charge in [-0.1, -0.05) is 52.7 Å². The van der Waals surface area contributed by atoms with Gasteiger partial charge in [-0.2, -0.15) is 0 Å². The molecule has 3 nitrogen and oxygen atoms in total. The molecule has 0 aliphatic carbocycles. The Balaban J connectivity index is 1.98. The fraction of sp³-hybridized carbons (Fsp3) is 0.316. The average molecular weight is 411 g/mol. The largest absolute Gasteiger partial charge is 0.332 e. The Hall–Kier alpha value is -1.36. The molecule has 0 bridgehead atoms. The van der Waals surface area contributed by atoms with Gasteiger partial charge in [-0.3, -0.25) is 4.79 Å². The van der Waals surface area contributed by atoms with Gasteiger partial charge < -0.3 is 10.6 Å². The monoisotopic (exact) mass is 409 g/mol. The number of halogens is 2. The lowest BCUT2D eigenvalue weighted by Gasteiger charge is -2.15. The minimum Gasteiger partial charge on any atom is -0.332 e. The summed E-state index contributed by atoms with van der Waals surface area (Å²) in [6, 6.07) is 12.4. The highest BCUT2D eigenvalue weighted by Crippen LogP contribution is 2.27. The molecule has 1 atom stereocenters. The standard InChI is InChI=1S/C19H22BrClN2O/c1-4-17(14-5-7-15(20)8-6-14)22-11-18(24)23-19-13(3)9-12(2)10-16(19)21/h5-10,17,22H,4,11H2,1-3H3,(H,23,24)/p+1/t17-/m1/s1. The normalized spacial score (nSPS) is 12.0. The molecule has 2 aromatic rings. The first kappa shape index (κ1) is 19.0. The van der Waals surface area contributed by atoms with Crippen LogP contribution in [-0.4, -0.2) is 12.5 Å². The van der Waals surface area contributed by atoms with E-state index in [2.05, 4.69) is 45.6 Å². The summed E-state index contributed by atoms with van der Waals surface area (Å²) in [6.45, 7) is 6.43. The molecular formula is C19H23BrClN2O+. The second-order valence-corrected chi connectivity index (χ2v) is 7.32. The fourth-order valence-electron chi connectivity index (χ4n) is 2.76. The van der Waals surface area contributed by atoms with Crippen LogP contribution in [0, 0.1) is 13.8 Å². The molecule has 2 aromatic carbocycles. The van der Waals surface area contributed by atoms with Crippen molar-refractivity contribution in [3.8, 4) is 0 Å². The second kappa shape index (κ2) is 8.65. The maximum Gasteiger partial charge on any atom is 0.279 e. The zero-order valence-corrected chi connectivity index (χ0v) is 16.5. The van der Waals surface area contributed by atoms with Crippen LogP contribution in [0.4, 0.5) is 5.69 Å². The highest BCUT2D eigenvalue weighted by atomic mass is 79.9. The maximum atomic E-state index is 12.3. The highest BCUT2D eigenvalue weighted by molar-refractivity contribution is 9.10. The van der Waals surface area contributed by atoms with E-state index >= 15 is 0 Å². The molecule has 5 heteroatoms. The van der Waals surface area contributed by atoms with Crippen LogP contribution in [0.2, 0.25) is 5.02 Å². The molecule has 24 heavy (non-hydrogen) atoms. The first-order valence-electron chi connectivity index (χ1n) is 8.06. The van der Waals surface area contributed by atoms with Gasteiger partial charge in [0.25, 0.3) is 5.91 Å². The van der Waals surface area contributed by atoms with E-state index in [1.807, 2.05) is 38.1 Å². The molecule has 0 aliphatic rings. The Morgan fingerprint density at radius 1 is 1.25 bits per heavy atom. The van der Waals surface area contributed by atoms with E-state index in [1.165, 1.54) is 5.56 Å². The summed E-state index contributed by atoms with van der Waals surface area (Å²) in [5, 5.41) is 5.59. The molecule has 2 rings (SSSR count). The van der Waals surface area contributed by atoms with Crippen molar-refractivity contribution in [1.82, 2.24) is 0 Å². The van der Waals surface area contributed by atoms with Gasteiger partial charge in [0.1, 0.15) is 6.04 Å². The number of carbonyl (C=O) groups excluding carboxylic acids is 1. The number of benzene rings is 2. The average Bonchev–Trinajstić information content (AvgIpc) is 2.53. The summed E-state index contributed by atoms with van der Waals surface area (Å²) in [5.74, 6) is -0.0422. The van der Waals surface area contributed by atoms with Crippen LogP contribution in [0.1, 0.15) is 36.1 Å². The number of hydrogen-bond donors (Lipinski definition) is 2. The van der Waals surface area contributed by atoms with Crippen LogP contribution < -0.4 is 10.6 Å². The lowest BCUT2D eigenvalue weighted by molar-refractivity contribution is -0.686. The molecular weight excluding hydrogens is 388 g/mol. The fourth-order valence-corrected chi connectivity index (χ4v) is 3.39. The number of quaternary nitrogens is 1. The van der Waals surface area contributed by atoms with E-state index in [-0.39, 0.29) is 11.9 Å². The second-order valence-electron chi connectivity index (χ2n) is 5.99. The smallest absolute Gasteiger partial charge is 0.279 e. The first-order chi connectivity index (χ1) is 11.4. The van der Waals surface area contributed by atoms with Gasteiger partial charge >= 0.3 is 0 Å². The summed E-state index contributed by atoms with van der Waals surface area (Å²) in [5.41, 5.74) is 3.99. The van der Waals surface area contributed by atoms with Crippen molar-refractivity contribution in [3.05, 3.63) is 62.6 Å². The minimum absolute atomic E-state index is 0.0422. The third kappa shape index (κ3) is 5.07. The zero-order valence-electron chi connectivity index (χ0n) is 14.2. The lowest BCUT2D eigenvalue weighted by Crippen LogP contribution is -2.87. The third-order valence-corrected chi connectivity index (χ3v) is 4.85. The van der Waals surface area contributed by atoms with E-state index in [1.54, 1.807) is 0 Å². The topological polar surface area (TPSA) is 45.7 Å². The predicted molar refractivity (Wildman–Crippen MR) is 104 cm³/mol. The number of carbonyl (C=O) groups is 1. The van der Waals surface area contributed by atoms with Crippen molar-refractivity contribution in [2.75, 3.05) is 11.9 Å². The first-order valence-corrected chi connectivity index (χ1v) is 9.23. The van der Waals surface area contributed by atoms with Gasteiger partial charge in [-0.15, -0.1) is 0 Å².